The fourth-order valence-corrected chi connectivity index (χ4v) is 3.03. The first-order valence-electron chi connectivity index (χ1n) is 9.07. The average molecular weight is 311 g/mol. The Morgan fingerprint density at radius 3 is 2.57 bits per heavy atom. The Bertz CT molecular complexity index is 697. The minimum absolute atomic E-state index is 0.121. The average Bonchev–Trinajstić information content (AvgIpc) is 2.57. The second kappa shape index (κ2) is 9.34. The summed E-state index contributed by atoms with van der Waals surface area (Å²) >= 11 is 0. The highest BCUT2D eigenvalue weighted by molar-refractivity contribution is 5.80. The van der Waals surface area contributed by atoms with Gasteiger partial charge in [0.2, 0.25) is 0 Å². The van der Waals surface area contributed by atoms with Crippen molar-refractivity contribution in [2.24, 2.45) is 0 Å². The van der Waals surface area contributed by atoms with Crippen molar-refractivity contribution in [2.45, 2.75) is 65.3 Å². The van der Waals surface area contributed by atoms with Crippen LogP contribution in [0.5, 0.6) is 0 Å². The van der Waals surface area contributed by atoms with Gasteiger partial charge in [-0.2, -0.15) is 0 Å². The Morgan fingerprint density at radius 2 is 1.78 bits per heavy atom. The van der Waals surface area contributed by atoms with Crippen LogP contribution in [0.25, 0.3) is 17.0 Å². The summed E-state index contributed by atoms with van der Waals surface area (Å²) in [6, 6.07) is 9.70. The van der Waals surface area contributed by atoms with Crippen LogP contribution in [0, 0.1) is 0 Å². The van der Waals surface area contributed by atoms with Crippen LogP contribution in [0.15, 0.2) is 41.2 Å². The van der Waals surface area contributed by atoms with E-state index in [1.54, 1.807) is 6.07 Å². The van der Waals surface area contributed by atoms with Crippen LogP contribution in [-0.2, 0) is 6.54 Å². The third kappa shape index (κ3) is 4.82. The van der Waals surface area contributed by atoms with E-state index in [1.165, 1.54) is 32.1 Å². The monoisotopic (exact) mass is 311 g/mol. The summed E-state index contributed by atoms with van der Waals surface area (Å²) in [5, 5.41) is 0.817. The zero-order valence-corrected chi connectivity index (χ0v) is 14.6. The van der Waals surface area contributed by atoms with Gasteiger partial charge in [-0.3, -0.25) is 4.79 Å². The van der Waals surface area contributed by atoms with Crippen molar-refractivity contribution in [3.8, 4) is 0 Å². The topological polar surface area (TPSA) is 22.0 Å². The molecule has 0 aliphatic carbocycles. The summed E-state index contributed by atoms with van der Waals surface area (Å²) in [4.78, 5) is 12.3. The van der Waals surface area contributed by atoms with E-state index in [0.717, 1.165) is 36.0 Å². The van der Waals surface area contributed by atoms with Crippen molar-refractivity contribution in [1.82, 2.24) is 4.57 Å². The van der Waals surface area contributed by atoms with E-state index in [9.17, 15) is 4.79 Å². The number of para-hydroxylation sites is 1. The highest BCUT2D eigenvalue weighted by atomic mass is 16.1. The Kier molecular flexibility index (Phi) is 7.12. The van der Waals surface area contributed by atoms with Gasteiger partial charge in [0.15, 0.2) is 5.43 Å². The molecular weight excluding hydrogens is 282 g/mol. The molecule has 0 saturated heterocycles. The van der Waals surface area contributed by atoms with Gasteiger partial charge in [0.05, 0.1) is 5.52 Å². The minimum atomic E-state index is 0.121. The molecule has 1 aromatic carbocycles. The third-order valence-corrected chi connectivity index (χ3v) is 4.26. The molecule has 124 valence electrons. The Balaban J connectivity index is 2.16. The van der Waals surface area contributed by atoms with Crippen LogP contribution < -0.4 is 5.43 Å². The van der Waals surface area contributed by atoms with Crippen LogP contribution in [0.3, 0.4) is 0 Å². The summed E-state index contributed by atoms with van der Waals surface area (Å²) in [5.41, 5.74) is 2.20. The molecule has 0 unspecified atom stereocenters. The number of aromatic nitrogens is 1. The Labute approximate surface area is 139 Å². The maximum absolute atomic E-state index is 12.3. The van der Waals surface area contributed by atoms with E-state index in [-0.39, 0.29) is 5.43 Å². The standard InChI is InChI=1S/C21H29NO/c1-3-5-6-7-8-9-10-13-18-17-21(23)19-14-11-12-15-20(19)22(18)16-4-2/h10-15,17H,3-9,16H2,1-2H3/b13-10+. The first-order chi connectivity index (χ1) is 11.3. The lowest BCUT2D eigenvalue weighted by Crippen LogP contribution is -2.12. The maximum atomic E-state index is 12.3. The fraction of sp³-hybridized carbons (Fsp3) is 0.476. The molecule has 1 heterocycles. The smallest absolute Gasteiger partial charge is 0.190 e. The van der Waals surface area contributed by atoms with Crippen LogP contribution >= 0.6 is 0 Å². The van der Waals surface area contributed by atoms with E-state index in [1.807, 2.05) is 18.2 Å². The van der Waals surface area contributed by atoms with E-state index in [0.29, 0.717) is 0 Å². The van der Waals surface area contributed by atoms with Gasteiger partial charge in [0.25, 0.3) is 0 Å². The van der Waals surface area contributed by atoms with Crippen molar-refractivity contribution < 1.29 is 0 Å². The quantitative estimate of drug-likeness (QED) is 0.538. The number of allylic oxidation sites excluding steroid dienone is 1. The molecule has 0 aliphatic heterocycles. The molecule has 2 aromatic rings. The van der Waals surface area contributed by atoms with E-state index in [2.05, 4.69) is 36.6 Å². The van der Waals surface area contributed by atoms with Crippen LogP contribution in [0.4, 0.5) is 0 Å². The summed E-state index contributed by atoms with van der Waals surface area (Å²) in [7, 11) is 0. The number of rotatable bonds is 9. The number of unbranched alkanes of at least 4 members (excludes halogenated alkanes) is 5. The fourth-order valence-electron chi connectivity index (χ4n) is 3.03. The second-order valence-corrected chi connectivity index (χ2v) is 6.21. The second-order valence-electron chi connectivity index (χ2n) is 6.21. The number of benzene rings is 1. The molecule has 0 N–H and O–H groups in total. The molecule has 0 amide bonds. The molecule has 1 aromatic heterocycles. The van der Waals surface area contributed by atoms with Gasteiger partial charge >= 0.3 is 0 Å². The zero-order chi connectivity index (χ0) is 16.5. The lowest BCUT2D eigenvalue weighted by atomic mass is 10.1. The largest absolute Gasteiger partial charge is 0.341 e. The van der Waals surface area contributed by atoms with Gasteiger partial charge in [0, 0.05) is 23.7 Å². The van der Waals surface area contributed by atoms with Crippen molar-refractivity contribution in [1.29, 1.82) is 0 Å². The van der Waals surface area contributed by atoms with Gasteiger partial charge < -0.3 is 4.57 Å². The number of fused-ring (bicyclic) bond motifs is 1. The highest BCUT2D eigenvalue weighted by Gasteiger charge is 2.06. The van der Waals surface area contributed by atoms with Crippen LogP contribution in [0.1, 0.15) is 64.5 Å². The van der Waals surface area contributed by atoms with Gasteiger partial charge in [0.1, 0.15) is 0 Å². The normalized spacial score (nSPS) is 11.6. The molecule has 2 rings (SSSR count). The predicted octanol–water partition coefficient (Wildman–Crippen LogP) is 5.79. The number of hydrogen-bond acceptors (Lipinski definition) is 1. The maximum Gasteiger partial charge on any atom is 0.190 e. The van der Waals surface area contributed by atoms with Gasteiger partial charge in [-0.05, 0) is 37.5 Å². The first-order valence-corrected chi connectivity index (χ1v) is 9.07. The van der Waals surface area contributed by atoms with Crippen molar-refractivity contribution in [3.05, 3.63) is 52.3 Å². The van der Waals surface area contributed by atoms with Crippen molar-refractivity contribution >= 4 is 17.0 Å². The summed E-state index contributed by atoms with van der Waals surface area (Å²) in [5.74, 6) is 0. The Hall–Kier alpha value is -1.83. The molecule has 0 bridgehead atoms. The number of aryl methyl sites for hydroxylation is 1. The lowest BCUT2D eigenvalue weighted by Gasteiger charge is -2.14. The van der Waals surface area contributed by atoms with E-state index < -0.39 is 0 Å². The molecule has 0 radical (unpaired) electrons. The molecule has 23 heavy (non-hydrogen) atoms. The molecule has 0 fully saturated rings. The summed E-state index contributed by atoms with van der Waals surface area (Å²) in [6.07, 6.45) is 13.0. The highest BCUT2D eigenvalue weighted by Crippen LogP contribution is 2.15. The van der Waals surface area contributed by atoms with Crippen LogP contribution in [0.2, 0.25) is 0 Å². The molecule has 0 spiro atoms. The first kappa shape index (κ1) is 17.5. The number of nitrogens with zero attached hydrogens (tertiary/aromatic N) is 1. The number of pyridine rings is 1. The molecule has 2 nitrogen and oxygen atoms in total. The van der Waals surface area contributed by atoms with Crippen LogP contribution in [-0.4, -0.2) is 4.57 Å². The van der Waals surface area contributed by atoms with E-state index >= 15 is 0 Å². The van der Waals surface area contributed by atoms with Gasteiger partial charge in [-0.25, -0.2) is 0 Å². The van der Waals surface area contributed by atoms with Crippen molar-refractivity contribution in [3.63, 3.8) is 0 Å². The third-order valence-electron chi connectivity index (χ3n) is 4.26. The number of hydrogen-bond donors (Lipinski definition) is 0. The van der Waals surface area contributed by atoms with Gasteiger partial charge in [-0.1, -0.05) is 57.7 Å². The Morgan fingerprint density at radius 1 is 1.00 bits per heavy atom. The molecule has 0 saturated carbocycles. The molecular formula is C21H29NO. The lowest BCUT2D eigenvalue weighted by molar-refractivity contribution is 0.637. The van der Waals surface area contributed by atoms with Crippen molar-refractivity contribution in [2.75, 3.05) is 0 Å². The van der Waals surface area contributed by atoms with Gasteiger partial charge in [-0.15, -0.1) is 0 Å². The van der Waals surface area contributed by atoms with E-state index in [4.69, 9.17) is 0 Å². The summed E-state index contributed by atoms with van der Waals surface area (Å²) in [6.45, 7) is 5.36. The predicted molar refractivity (Wildman–Crippen MR) is 101 cm³/mol. The summed E-state index contributed by atoms with van der Waals surface area (Å²) < 4.78 is 2.27. The SMILES string of the molecule is CCCCCCC/C=C/c1cc(=O)c2ccccc2n1CCC. The molecule has 0 atom stereocenters. The molecule has 0 aliphatic rings. The zero-order valence-electron chi connectivity index (χ0n) is 14.6. The minimum Gasteiger partial charge on any atom is -0.341 e. The molecule has 2 heteroatoms.